The van der Waals surface area contributed by atoms with E-state index in [-0.39, 0.29) is 47.1 Å². The highest BCUT2D eigenvalue weighted by atomic mass is 16.6. The minimum atomic E-state index is -0.456. The van der Waals surface area contributed by atoms with Crippen LogP contribution in [0.25, 0.3) is 0 Å². The van der Waals surface area contributed by atoms with Crippen LogP contribution >= 0.6 is 0 Å². The zero-order chi connectivity index (χ0) is 23.0. The van der Waals surface area contributed by atoms with Gasteiger partial charge >= 0.3 is 0 Å². The second kappa shape index (κ2) is 6.81. The van der Waals surface area contributed by atoms with Crippen LogP contribution in [-0.2, 0) is 14.4 Å². The molecule has 2 aliphatic heterocycles. The molecule has 1 saturated heterocycles. The summed E-state index contributed by atoms with van der Waals surface area (Å²) in [6, 6.07) is 12.7. The third kappa shape index (κ3) is 2.65. The minimum absolute atomic E-state index is 0.00850. The molecule has 166 valence electrons. The van der Waals surface area contributed by atoms with Gasteiger partial charge in [-0.2, -0.15) is 0 Å². The fraction of sp³-hybridized carbons (Fsp3) is 0.333. The highest BCUT2D eigenvalue weighted by molar-refractivity contribution is 6.23. The molecule has 2 heterocycles. The molecule has 9 nitrogen and oxygen atoms in total. The molecule has 0 N–H and O–H groups in total. The number of benzene rings is 2. The summed E-state index contributed by atoms with van der Waals surface area (Å²) in [4.78, 5) is 55.9. The number of nitro groups is 1. The molecule has 2 aromatic rings. The predicted octanol–water partition coefficient (Wildman–Crippen LogP) is 2.97. The summed E-state index contributed by atoms with van der Waals surface area (Å²) < 4.78 is 0. The molecule has 6 atom stereocenters. The number of imide groups is 1. The number of Topliss-reactive ketones (excluding diaryl/α,β-unsaturated/α-hetero) is 1. The first-order valence-electron chi connectivity index (χ1n) is 10.8. The molecular formula is C24H19N3O6. The average Bonchev–Trinajstić information content (AvgIpc) is 3.54. The Hall–Kier alpha value is -3.88. The molecule has 9 heteroatoms. The Morgan fingerprint density at radius 2 is 1.64 bits per heavy atom. The third-order valence-electron chi connectivity index (χ3n) is 7.60. The van der Waals surface area contributed by atoms with Gasteiger partial charge in [-0.25, -0.2) is 0 Å². The van der Waals surface area contributed by atoms with Gasteiger partial charge < -0.3 is 4.84 Å². The summed E-state index contributed by atoms with van der Waals surface area (Å²) in [6.45, 7) is 1.46. The lowest BCUT2D eigenvalue weighted by Gasteiger charge is -2.29. The first-order valence-corrected chi connectivity index (χ1v) is 10.8. The van der Waals surface area contributed by atoms with Crippen LogP contribution in [0.5, 0.6) is 0 Å². The van der Waals surface area contributed by atoms with Crippen molar-refractivity contribution in [1.82, 2.24) is 0 Å². The van der Waals surface area contributed by atoms with Crippen molar-refractivity contribution < 1.29 is 24.1 Å². The molecule has 2 amide bonds. The lowest BCUT2D eigenvalue weighted by molar-refractivity contribution is -0.384. The van der Waals surface area contributed by atoms with Crippen LogP contribution in [0.15, 0.2) is 53.7 Å². The van der Waals surface area contributed by atoms with E-state index in [0.29, 0.717) is 23.4 Å². The van der Waals surface area contributed by atoms with Gasteiger partial charge in [0.15, 0.2) is 5.78 Å². The Kier molecular flexibility index (Phi) is 4.08. The highest BCUT2D eigenvalue weighted by Crippen LogP contribution is 2.62. The summed E-state index contributed by atoms with van der Waals surface area (Å²) in [5.74, 6) is -1.74. The zero-order valence-electron chi connectivity index (χ0n) is 17.6. The summed E-state index contributed by atoms with van der Waals surface area (Å²) in [7, 11) is 0. The zero-order valence-corrected chi connectivity index (χ0v) is 17.6. The van der Waals surface area contributed by atoms with Crippen molar-refractivity contribution in [2.24, 2.45) is 34.7 Å². The maximum absolute atomic E-state index is 13.4. The molecule has 6 rings (SSSR count). The molecule has 0 unspecified atom stereocenters. The van der Waals surface area contributed by atoms with Gasteiger partial charge in [-0.05, 0) is 55.7 Å². The van der Waals surface area contributed by atoms with Crippen molar-refractivity contribution in [1.29, 1.82) is 0 Å². The van der Waals surface area contributed by atoms with Gasteiger partial charge in [0.25, 0.3) is 5.69 Å². The predicted molar refractivity (Wildman–Crippen MR) is 116 cm³/mol. The minimum Gasteiger partial charge on any atom is -0.391 e. The fourth-order valence-corrected chi connectivity index (χ4v) is 6.22. The molecule has 2 aromatic carbocycles. The van der Waals surface area contributed by atoms with E-state index >= 15 is 0 Å². The molecule has 2 bridgehead atoms. The van der Waals surface area contributed by atoms with Crippen molar-refractivity contribution in [2.75, 3.05) is 4.90 Å². The average molecular weight is 445 g/mol. The van der Waals surface area contributed by atoms with Gasteiger partial charge in [0.2, 0.25) is 11.8 Å². The summed E-state index contributed by atoms with van der Waals surface area (Å²) in [6.07, 6.45) is 0.434. The van der Waals surface area contributed by atoms with E-state index in [1.54, 1.807) is 36.4 Å². The maximum Gasteiger partial charge on any atom is 0.269 e. The normalized spacial score (nSPS) is 31.3. The van der Waals surface area contributed by atoms with Crippen LogP contribution in [0.2, 0.25) is 0 Å². The number of hydrogen-bond donors (Lipinski definition) is 0. The Morgan fingerprint density at radius 3 is 2.24 bits per heavy atom. The number of oxime groups is 1. The standard InChI is InChI=1S/C24H19N3O6/c1-11(28)12-2-6-14(7-3-12)26-23(29)18-16-10-17(19(18)24(26)30)22-20(16)21(25-33-22)13-4-8-15(9-5-13)27(31)32/h2-9,16-20,22H,10H2,1H3/t16-,17-,18-,19-,20-,22+/m1/s1. The molecule has 2 aliphatic carbocycles. The van der Waals surface area contributed by atoms with E-state index < -0.39 is 16.8 Å². The van der Waals surface area contributed by atoms with Crippen LogP contribution in [0.1, 0.15) is 29.3 Å². The summed E-state index contributed by atoms with van der Waals surface area (Å²) >= 11 is 0. The number of nitro benzene ring substituents is 1. The SMILES string of the molecule is CC(=O)c1ccc(N2C(=O)[C@@H]3[C@H]4C[C@@H]([C@@H]5ON=C(c6ccc([N+](=O)[O-])cc6)[C@@H]45)[C@H]3C2=O)cc1. The number of carbonyl (C=O) groups is 3. The van der Waals surface area contributed by atoms with Crippen LogP contribution in [-0.4, -0.2) is 34.3 Å². The van der Waals surface area contributed by atoms with Gasteiger partial charge in [0.1, 0.15) is 6.10 Å². The van der Waals surface area contributed by atoms with Gasteiger partial charge in [0, 0.05) is 35.1 Å². The third-order valence-corrected chi connectivity index (χ3v) is 7.60. The second-order valence-electron chi connectivity index (χ2n) is 9.11. The van der Waals surface area contributed by atoms with Crippen molar-refractivity contribution >= 4 is 34.7 Å². The fourth-order valence-electron chi connectivity index (χ4n) is 6.22. The number of nitrogens with zero attached hydrogens (tertiary/aromatic N) is 3. The quantitative estimate of drug-likeness (QED) is 0.309. The largest absolute Gasteiger partial charge is 0.391 e. The number of anilines is 1. The van der Waals surface area contributed by atoms with Gasteiger partial charge in [-0.1, -0.05) is 5.16 Å². The van der Waals surface area contributed by atoms with Crippen molar-refractivity contribution in [3.63, 3.8) is 0 Å². The van der Waals surface area contributed by atoms with Crippen LogP contribution in [0, 0.1) is 39.7 Å². The monoisotopic (exact) mass is 445 g/mol. The Balaban J connectivity index is 1.30. The number of ketones is 1. The van der Waals surface area contributed by atoms with Crippen molar-refractivity contribution in [3.8, 4) is 0 Å². The lowest BCUT2D eigenvalue weighted by atomic mass is 9.71. The summed E-state index contributed by atoms with van der Waals surface area (Å²) in [5.41, 5.74) is 2.39. The number of amides is 2. The molecule has 2 saturated carbocycles. The van der Waals surface area contributed by atoms with Gasteiger partial charge in [-0.3, -0.25) is 29.4 Å². The van der Waals surface area contributed by atoms with E-state index in [2.05, 4.69) is 5.16 Å². The number of hydrogen-bond acceptors (Lipinski definition) is 7. The van der Waals surface area contributed by atoms with E-state index in [0.717, 1.165) is 5.56 Å². The van der Waals surface area contributed by atoms with Crippen LogP contribution in [0.4, 0.5) is 11.4 Å². The lowest BCUT2D eigenvalue weighted by Crippen LogP contribution is -2.41. The smallest absolute Gasteiger partial charge is 0.269 e. The number of rotatable bonds is 4. The molecule has 0 radical (unpaired) electrons. The number of carbonyl (C=O) groups excluding carboxylic acids is 3. The van der Waals surface area contributed by atoms with Gasteiger partial charge in [0.05, 0.1) is 28.2 Å². The topological polar surface area (TPSA) is 119 Å². The Labute approximate surface area is 188 Å². The van der Waals surface area contributed by atoms with E-state index in [1.165, 1.54) is 24.0 Å². The molecule has 0 spiro atoms. The maximum atomic E-state index is 13.4. The Morgan fingerprint density at radius 1 is 1.00 bits per heavy atom. The molecule has 0 aromatic heterocycles. The number of fused-ring (bicyclic) bond motifs is 8. The second-order valence-corrected chi connectivity index (χ2v) is 9.11. The van der Waals surface area contributed by atoms with Crippen molar-refractivity contribution in [2.45, 2.75) is 19.4 Å². The summed E-state index contributed by atoms with van der Waals surface area (Å²) in [5, 5.41) is 15.2. The molecule has 3 fully saturated rings. The van der Waals surface area contributed by atoms with E-state index in [9.17, 15) is 24.5 Å². The van der Waals surface area contributed by atoms with E-state index in [4.69, 9.17) is 4.84 Å². The van der Waals surface area contributed by atoms with Crippen molar-refractivity contribution in [3.05, 3.63) is 69.8 Å². The molecule has 33 heavy (non-hydrogen) atoms. The van der Waals surface area contributed by atoms with Crippen LogP contribution in [0.3, 0.4) is 0 Å². The first kappa shape index (κ1) is 19.8. The van der Waals surface area contributed by atoms with Gasteiger partial charge in [-0.15, -0.1) is 0 Å². The first-order chi connectivity index (χ1) is 15.9. The molecular weight excluding hydrogens is 426 g/mol. The number of non-ortho nitro benzene ring substituents is 1. The Bertz CT molecular complexity index is 1250. The highest BCUT2D eigenvalue weighted by Gasteiger charge is 2.70. The molecule has 4 aliphatic rings. The van der Waals surface area contributed by atoms with Crippen LogP contribution < -0.4 is 4.90 Å². The van der Waals surface area contributed by atoms with E-state index in [1.807, 2.05) is 0 Å².